The van der Waals surface area contributed by atoms with Gasteiger partial charge in [0.25, 0.3) is 5.91 Å². The molecule has 1 aliphatic heterocycles. The molecular formula is C20H27N3O2S. The first-order valence-electron chi connectivity index (χ1n) is 9.68. The van der Waals surface area contributed by atoms with Gasteiger partial charge in [0, 0.05) is 23.5 Å². The number of likely N-dealkylation sites (tertiary alicyclic amines) is 1. The van der Waals surface area contributed by atoms with Crippen molar-refractivity contribution in [2.75, 3.05) is 13.1 Å². The molecule has 4 rings (SSSR count). The van der Waals surface area contributed by atoms with Crippen molar-refractivity contribution in [3.8, 4) is 10.8 Å². The minimum atomic E-state index is -0.0650. The van der Waals surface area contributed by atoms with Gasteiger partial charge >= 0.3 is 0 Å². The standard InChI is InChI=1S/C20H27N3O2S/c1-13(15-6-4-10-23(12-15)16-7-3-8-16)21-19(24)18-14(2)26-20(22-18)17-9-5-11-25-17/h5,9,11,13,15-16H,3-4,6-8,10,12H2,1-2H3,(H,21,24)/t13-,15+/m0/s1. The molecule has 3 heterocycles. The lowest BCUT2D eigenvalue weighted by molar-refractivity contribution is 0.0634. The number of furan rings is 1. The summed E-state index contributed by atoms with van der Waals surface area (Å²) in [5.74, 6) is 1.18. The Morgan fingerprint density at radius 3 is 2.92 bits per heavy atom. The van der Waals surface area contributed by atoms with Crippen molar-refractivity contribution in [2.24, 2.45) is 5.92 Å². The van der Waals surface area contributed by atoms with Crippen molar-refractivity contribution in [2.45, 2.75) is 58.0 Å². The highest BCUT2D eigenvalue weighted by Gasteiger charge is 2.32. The Morgan fingerprint density at radius 1 is 1.38 bits per heavy atom. The lowest BCUT2D eigenvalue weighted by atomic mass is 9.85. The third-order valence-electron chi connectivity index (χ3n) is 5.89. The van der Waals surface area contributed by atoms with E-state index in [9.17, 15) is 4.79 Å². The van der Waals surface area contributed by atoms with E-state index in [1.165, 1.54) is 50.0 Å². The second kappa shape index (κ2) is 7.53. The van der Waals surface area contributed by atoms with Crippen LogP contribution in [0.5, 0.6) is 0 Å². The molecule has 0 unspecified atom stereocenters. The van der Waals surface area contributed by atoms with Crippen LogP contribution in [0.1, 0.15) is 54.4 Å². The van der Waals surface area contributed by atoms with Gasteiger partial charge in [-0.05, 0) is 64.1 Å². The minimum Gasteiger partial charge on any atom is -0.462 e. The van der Waals surface area contributed by atoms with Gasteiger partial charge in [-0.25, -0.2) is 4.98 Å². The summed E-state index contributed by atoms with van der Waals surface area (Å²) in [6, 6.07) is 4.67. The number of amides is 1. The summed E-state index contributed by atoms with van der Waals surface area (Å²) in [5, 5.41) is 3.97. The van der Waals surface area contributed by atoms with Crippen LogP contribution in [-0.4, -0.2) is 41.0 Å². The van der Waals surface area contributed by atoms with Crippen LogP contribution in [0.4, 0.5) is 0 Å². The molecule has 26 heavy (non-hydrogen) atoms. The third kappa shape index (κ3) is 3.58. The maximum atomic E-state index is 12.8. The number of piperidine rings is 1. The fourth-order valence-electron chi connectivity index (χ4n) is 4.04. The van der Waals surface area contributed by atoms with E-state index in [0.717, 1.165) is 22.5 Å². The average molecular weight is 374 g/mol. The van der Waals surface area contributed by atoms with Gasteiger partial charge in [0.1, 0.15) is 5.69 Å². The molecule has 1 saturated carbocycles. The molecule has 5 nitrogen and oxygen atoms in total. The minimum absolute atomic E-state index is 0.0650. The van der Waals surface area contributed by atoms with E-state index in [2.05, 4.69) is 22.1 Å². The van der Waals surface area contributed by atoms with Gasteiger partial charge < -0.3 is 14.6 Å². The molecule has 1 amide bonds. The SMILES string of the molecule is Cc1sc(-c2ccco2)nc1C(=O)N[C@@H](C)[C@@H]1CCCN(C2CCC2)C1. The number of hydrogen-bond donors (Lipinski definition) is 1. The fraction of sp³-hybridized carbons (Fsp3) is 0.600. The molecule has 0 radical (unpaired) electrons. The van der Waals surface area contributed by atoms with Crippen molar-refractivity contribution in [1.82, 2.24) is 15.2 Å². The summed E-state index contributed by atoms with van der Waals surface area (Å²) in [4.78, 5) is 20.9. The van der Waals surface area contributed by atoms with E-state index in [4.69, 9.17) is 4.42 Å². The number of hydrogen-bond acceptors (Lipinski definition) is 5. The van der Waals surface area contributed by atoms with E-state index in [1.54, 1.807) is 6.26 Å². The summed E-state index contributed by atoms with van der Waals surface area (Å²) in [7, 11) is 0. The molecule has 0 bridgehead atoms. The van der Waals surface area contributed by atoms with E-state index in [1.807, 2.05) is 19.1 Å². The van der Waals surface area contributed by atoms with Gasteiger partial charge in [-0.1, -0.05) is 6.42 Å². The van der Waals surface area contributed by atoms with Crippen molar-refractivity contribution in [1.29, 1.82) is 0 Å². The van der Waals surface area contributed by atoms with Crippen LogP contribution >= 0.6 is 11.3 Å². The number of aromatic nitrogens is 1. The predicted molar refractivity (Wildman–Crippen MR) is 103 cm³/mol. The second-order valence-corrected chi connectivity index (χ2v) is 8.85. The topological polar surface area (TPSA) is 58.4 Å². The average Bonchev–Trinajstić information content (AvgIpc) is 3.22. The molecule has 1 N–H and O–H groups in total. The molecule has 1 saturated heterocycles. The Labute approximate surface area is 158 Å². The molecule has 2 aromatic heterocycles. The van der Waals surface area contributed by atoms with Crippen molar-refractivity contribution in [3.63, 3.8) is 0 Å². The molecule has 2 atom stereocenters. The van der Waals surface area contributed by atoms with Crippen LogP contribution < -0.4 is 5.32 Å². The monoisotopic (exact) mass is 373 g/mol. The number of carbonyl (C=O) groups excluding carboxylic acids is 1. The number of thiazole rings is 1. The molecule has 140 valence electrons. The number of rotatable bonds is 5. The van der Waals surface area contributed by atoms with Crippen LogP contribution in [0.15, 0.2) is 22.8 Å². The molecule has 0 aromatic carbocycles. The van der Waals surface area contributed by atoms with Crippen molar-refractivity contribution >= 4 is 17.2 Å². The van der Waals surface area contributed by atoms with E-state index in [0.29, 0.717) is 17.4 Å². The van der Waals surface area contributed by atoms with Gasteiger partial charge in [-0.15, -0.1) is 11.3 Å². The molecule has 2 aliphatic rings. The molecule has 6 heteroatoms. The van der Waals surface area contributed by atoms with Crippen LogP contribution in [0, 0.1) is 12.8 Å². The summed E-state index contributed by atoms with van der Waals surface area (Å²) in [6.45, 7) is 6.42. The zero-order valence-corrected chi connectivity index (χ0v) is 16.3. The Bertz CT molecular complexity index is 751. The largest absolute Gasteiger partial charge is 0.462 e. The van der Waals surface area contributed by atoms with Crippen molar-refractivity contribution < 1.29 is 9.21 Å². The van der Waals surface area contributed by atoms with E-state index < -0.39 is 0 Å². The Balaban J connectivity index is 1.39. The zero-order chi connectivity index (χ0) is 18.1. The highest BCUT2D eigenvalue weighted by molar-refractivity contribution is 7.15. The van der Waals surface area contributed by atoms with Gasteiger partial charge in [-0.2, -0.15) is 0 Å². The van der Waals surface area contributed by atoms with Gasteiger partial charge in [-0.3, -0.25) is 4.79 Å². The molecule has 2 aromatic rings. The predicted octanol–water partition coefficient (Wildman–Crippen LogP) is 4.09. The smallest absolute Gasteiger partial charge is 0.271 e. The first-order chi connectivity index (χ1) is 12.6. The highest BCUT2D eigenvalue weighted by Crippen LogP contribution is 2.31. The summed E-state index contributed by atoms with van der Waals surface area (Å²) in [6.07, 6.45) is 8.13. The van der Waals surface area contributed by atoms with E-state index >= 15 is 0 Å². The Morgan fingerprint density at radius 2 is 2.23 bits per heavy atom. The Hall–Kier alpha value is -1.66. The van der Waals surface area contributed by atoms with Crippen LogP contribution in [-0.2, 0) is 0 Å². The number of nitrogens with zero attached hydrogens (tertiary/aromatic N) is 2. The lowest BCUT2D eigenvalue weighted by Gasteiger charge is -2.43. The van der Waals surface area contributed by atoms with Crippen molar-refractivity contribution in [3.05, 3.63) is 29.0 Å². The maximum absolute atomic E-state index is 12.8. The quantitative estimate of drug-likeness (QED) is 0.857. The molecule has 0 spiro atoms. The highest BCUT2D eigenvalue weighted by atomic mass is 32.1. The zero-order valence-electron chi connectivity index (χ0n) is 15.5. The van der Waals surface area contributed by atoms with E-state index in [-0.39, 0.29) is 11.9 Å². The van der Waals surface area contributed by atoms with Crippen LogP contribution in [0.3, 0.4) is 0 Å². The normalized spacial score (nSPS) is 22.8. The van der Waals surface area contributed by atoms with Gasteiger partial charge in [0.15, 0.2) is 10.8 Å². The third-order valence-corrected chi connectivity index (χ3v) is 6.88. The summed E-state index contributed by atoms with van der Waals surface area (Å²) in [5.41, 5.74) is 0.528. The first-order valence-corrected chi connectivity index (χ1v) is 10.5. The van der Waals surface area contributed by atoms with Crippen LogP contribution in [0.2, 0.25) is 0 Å². The summed E-state index contributed by atoms with van der Waals surface area (Å²) < 4.78 is 5.40. The second-order valence-electron chi connectivity index (χ2n) is 7.65. The molecular weight excluding hydrogens is 346 g/mol. The van der Waals surface area contributed by atoms with Gasteiger partial charge in [0.2, 0.25) is 0 Å². The fourth-order valence-corrected chi connectivity index (χ4v) is 4.92. The number of aryl methyl sites for hydroxylation is 1. The molecule has 1 aliphatic carbocycles. The summed E-state index contributed by atoms with van der Waals surface area (Å²) >= 11 is 1.50. The van der Waals surface area contributed by atoms with Crippen LogP contribution in [0.25, 0.3) is 10.8 Å². The van der Waals surface area contributed by atoms with Gasteiger partial charge in [0.05, 0.1) is 6.26 Å². The molecule has 2 fully saturated rings. The lowest BCUT2D eigenvalue weighted by Crippen LogP contribution is -2.50. The Kier molecular flexibility index (Phi) is 5.14. The first kappa shape index (κ1) is 17.7. The maximum Gasteiger partial charge on any atom is 0.271 e. The number of carbonyl (C=O) groups is 1. The number of nitrogens with one attached hydrogen (secondary N) is 1.